The number of nitrogens with one attached hydrogen (secondary N) is 1. The van der Waals surface area contributed by atoms with Gasteiger partial charge in [-0.2, -0.15) is 0 Å². The van der Waals surface area contributed by atoms with Gasteiger partial charge in [0.05, 0.1) is 0 Å². The Bertz CT molecular complexity index is 339. The molecule has 0 unspecified atom stereocenters. The van der Waals surface area contributed by atoms with Crippen LogP contribution in [0.15, 0.2) is 22.2 Å². The number of hydrogen-bond acceptors (Lipinski definition) is 3. The highest BCUT2D eigenvalue weighted by Crippen LogP contribution is 2.09. The molecular weight excluding hydrogens is 172 g/mol. The zero-order valence-corrected chi connectivity index (χ0v) is 7.23. The van der Waals surface area contributed by atoms with Gasteiger partial charge >= 0.3 is 0 Å². The van der Waals surface area contributed by atoms with Crippen LogP contribution in [0.3, 0.4) is 0 Å². The molecule has 1 aromatic heterocycles. The number of hydrogen-bond donors (Lipinski definition) is 1. The Morgan fingerprint density at radius 3 is 3.25 bits per heavy atom. The van der Waals surface area contributed by atoms with E-state index in [-0.39, 0.29) is 5.56 Å². The van der Waals surface area contributed by atoms with Gasteiger partial charge in [-0.05, 0) is 0 Å². The second-order valence-electron chi connectivity index (χ2n) is 2.04. The summed E-state index contributed by atoms with van der Waals surface area (Å²) in [4.78, 5) is 17.3. The van der Waals surface area contributed by atoms with E-state index in [1.807, 2.05) is 0 Å². The van der Waals surface area contributed by atoms with Crippen LogP contribution in [-0.4, -0.2) is 15.7 Å². The van der Waals surface area contributed by atoms with Gasteiger partial charge in [0.25, 0.3) is 5.56 Å². The number of aromatic nitrogens is 2. The molecule has 0 atom stereocenters. The van der Waals surface area contributed by atoms with Gasteiger partial charge in [0.15, 0.2) is 5.16 Å². The van der Waals surface area contributed by atoms with E-state index in [1.165, 1.54) is 24.0 Å². The Morgan fingerprint density at radius 2 is 2.58 bits per heavy atom. The molecule has 1 N–H and O–H groups in total. The van der Waals surface area contributed by atoms with Crippen LogP contribution in [0.1, 0.15) is 6.42 Å². The summed E-state index contributed by atoms with van der Waals surface area (Å²) in [6, 6.07) is 1.38. The summed E-state index contributed by atoms with van der Waals surface area (Å²) in [7, 11) is 0. The maximum atomic E-state index is 10.8. The zero-order chi connectivity index (χ0) is 8.81. The zero-order valence-electron chi connectivity index (χ0n) is 6.41. The number of thioether (sulfide) groups is 1. The summed E-state index contributed by atoms with van der Waals surface area (Å²) in [6.07, 6.45) is 7.23. The van der Waals surface area contributed by atoms with Crippen LogP contribution in [-0.2, 0) is 0 Å². The molecule has 0 radical (unpaired) electrons. The normalized spacial score (nSPS) is 9.25. The number of aromatic amines is 1. The predicted octanol–water partition coefficient (Wildman–Crippen LogP) is 0.885. The maximum absolute atomic E-state index is 10.8. The third-order valence-electron chi connectivity index (χ3n) is 1.13. The van der Waals surface area contributed by atoms with Gasteiger partial charge < -0.3 is 4.98 Å². The monoisotopic (exact) mass is 180 g/mol. The molecule has 0 aliphatic rings. The predicted molar refractivity (Wildman–Crippen MR) is 49.0 cm³/mol. The van der Waals surface area contributed by atoms with Crippen molar-refractivity contribution in [3.05, 3.63) is 22.6 Å². The van der Waals surface area contributed by atoms with E-state index in [1.54, 1.807) is 0 Å². The lowest BCUT2D eigenvalue weighted by molar-refractivity contribution is 0.936. The van der Waals surface area contributed by atoms with Crippen LogP contribution in [0.2, 0.25) is 0 Å². The molecule has 0 bridgehead atoms. The minimum atomic E-state index is -0.131. The number of nitrogens with zero attached hydrogens (tertiary/aromatic N) is 1. The first-order chi connectivity index (χ1) is 5.83. The second-order valence-corrected chi connectivity index (χ2v) is 3.13. The van der Waals surface area contributed by atoms with Crippen molar-refractivity contribution in [3.63, 3.8) is 0 Å². The van der Waals surface area contributed by atoms with Crippen LogP contribution in [0.4, 0.5) is 0 Å². The van der Waals surface area contributed by atoms with Crippen molar-refractivity contribution >= 4 is 11.8 Å². The van der Waals surface area contributed by atoms with E-state index < -0.39 is 0 Å². The summed E-state index contributed by atoms with van der Waals surface area (Å²) in [6.45, 7) is 0. The van der Waals surface area contributed by atoms with Crippen molar-refractivity contribution in [2.75, 3.05) is 5.75 Å². The summed E-state index contributed by atoms with van der Waals surface area (Å²) in [5.41, 5.74) is -0.131. The minimum Gasteiger partial charge on any atom is -0.301 e. The molecular formula is C8H8N2OS. The third kappa shape index (κ3) is 2.81. The molecule has 1 heterocycles. The molecule has 0 saturated carbocycles. The van der Waals surface area contributed by atoms with Gasteiger partial charge in [-0.25, -0.2) is 4.98 Å². The minimum absolute atomic E-state index is 0.131. The highest BCUT2D eigenvalue weighted by atomic mass is 32.2. The van der Waals surface area contributed by atoms with E-state index in [9.17, 15) is 4.79 Å². The van der Waals surface area contributed by atoms with Gasteiger partial charge in [0.1, 0.15) is 0 Å². The SMILES string of the molecule is C#CCCSc1nccc(=O)[nH]1. The summed E-state index contributed by atoms with van der Waals surface area (Å²) < 4.78 is 0. The third-order valence-corrected chi connectivity index (χ3v) is 2.02. The fourth-order valence-corrected chi connectivity index (χ4v) is 1.35. The molecule has 3 nitrogen and oxygen atoms in total. The van der Waals surface area contributed by atoms with E-state index >= 15 is 0 Å². The van der Waals surface area contributed by atoms with Crippen LogP contribution >= 0.6 is 11.8 Å². The highest BCUT2D eigenvalue weighted by Gasteiger charge is 1.93. The molecule has 0 saturated heterocycles. The fraction of sp³-hybridized carbons (Fsp3) is 0.250. The molecule has 1 aromatic rings. The van der Waals surface area contributed by atoms with E-state index in [4.69, 9.17) is 6.42 Å². The summed E-state index contributed by atoms with van der Waals surface area (Å²) >= 11 is 1.45. The van der Waals surface area contributed by atoms with Gasteiger partial charge in [0, 0.05) is 24.4 Å². The van der Waals surface area contributed by atoms with Crippen LogP contribution < -0.4 is 5.56 Å². The quantitative estimate of drug-likeness (QED) is 0.325. The van der Waals surface area contributed by atoms with Crippen LogP contribution in [0.5, 0.6) is 0 Å². The first-order valence-corrected chi connectivity index (χ1v) is 4.43. The van der Waals surface area contributed by atoms with E-state index in [0.29, 0.717) is 11.6 Å². The molecule has 0 aliphatic carbocycles. The second kappa shape index (κ2) is 4.62. The highest BCUT2D eigenvalue weighted by molar-refractivity contribution is 7.99. The van der Waals surface area contributed by atoms with Gasteiger partial charge in [0.2, 0.25) is 0 Å². The number of rotatable bonds is 3. The Labute approximate surface area is 74.6 Å². The van der Waals surface area contributed by atoms with E-state index in [2.05, 4.69) is 15.9 Å². The van der Waals surface area contributed by atoms with Crippen LogP contribution in [0.25, 0.3) is 0 Å². The molecule has 4 heteroatoms. The summed E-state index contributed by atoms with van der Waals surface area (Å²) in [5.74, 6) is 3.29. The summed E-state index contributed by atoms with van der Waals surface area (Å²) in [5, 5.41) is 0.623. The lowest BCUT2D eigenvalue weighted by Gasteiger charge is -1.95. The van der Waals surface area contributed by atoms with Crippen molar-refractivity contribution in [1.29, 1.82) is 0 Å². The van der Waals surface area contributed by atoms with E-state index in [0.717, 1.165) is 5.75 Å². The van der Waals surface area contributed by atoms with Gasteiger partial charge in [-0.1, -0.05) is 11.8 Å². The van der Waals surface area contributed by atoms with Crippen LogP contribution in [0, 0.1) is 12.3 Å². The fourth-order valence-electron chi connectivity index (χ4n) is 0.632. The van der Waals surface area contributed by atoms with Crippen molar-refractivity contribution in [2.45, 2.75) is 11.6 Å². The lowest BCUT2D eigenvalue weighted by atomic mass is 10.5. The maximum Gasteiger partial charge on any atom is 0.251 e. The lowest BCUT2D eigenvalue weighted by Crippen LogP contribution is -2.05. The molecule has 0 amide bonds. The largest absolute Gasteiger partial charge is 0.301 e. The van der Waals surface area contributed by atoms with Crippen molar-refractivity contribution in [3.8, 4) is 12.3 Å². The molecule has 12 heavy (non-hydrogen) atoms. The number of H-pyrrole nitrogens is 1. The average Bonchev–Trinajstić information content (AvgIpc) is 2.05. The first kappa shape index (κ1) is 8.88. The average molecular weight is 180 g/mol. The van der Waals surface area contributed by atoms with Crippen molar-refractivity contribution < 1.29 is 0 Å². The topological polar surface area (TPSA) is 45.8 Å². The number of terminal acetylenes is 1. The van der Waals surface area contributed by atoms with Gasteiger partial charge in [-0.15, -0.1) is 12.3 Å². The van der Waals surface area contributed by atoms with Crippen molar-refractivity contribution in [2.24, 2.45) is 0 Å². The smallest absolute Gasteiger partial charge is 0.251 e. The van der Waals surface area contributed by atoms with Crippen molar-refractivity contribution in [1.82, 2.24) is 9.97 Å². The Balaban J connectivity index is 2.53. The molecule has 62 valence electrons. The Kier molecular flexibility index (Phi) is 3.42. The molecule has 0 fully saturated rings. The molecule has 1 rings (SSSR count). The molecule has 0 aliphatic heterocycles. The van der Waals surface area contributed by atoms with Gasteiger partial charge in [-0.3, -0.25) is 4.79 Å². The Hall–Kier alpha value is -1.21. The molecule has 0 spiro atoms. The standard InChI is InChI=1S/C8H8N2OS/c1-2-3-6-12-8-9-5-4-7(11)10-8/h1,4-5H,3,6H2,(H,9,10,11). The first-order valence-electron chi connectivity index (χ1n) is 3.44. The molecule has 0 aromatic carbocycles. The Morgan fingerprint density at radius 1 is 1.75 bits per heavy atom.